The molecule has 1 atom stereocenters. The monoisotopic (exact) mass is 487 g/mol. The molecule has 1 aliphatic carbocycles. The Kier molecular flexibility index (Phi) is 7.34. The van der Waals surface area contributed by atoms with E-state index in [1.54, 1.807) is 14.0 Å². The molecule has 1 aliphatic rings. The zero-order valence-electron chi connectivity index (χ0n) is 18.7. The number of ether oxygens (including phenoxy) is 2. The fourth-order valence-corrected chi connectivity index (χ4v) is 5.64. The van der Waals surface area contributed by atoms with E-state index in [0.717, 1.165) is 52.8 Å². The first kappa shape index (κ1) is 23.3. The fourth-order valence-electron chi connectivity index (χ4n) is 3.67. The normalized spacial score (nSPS) is 15.1. The van der Waals surface area contributed by atoms with E-state index in [0.29, 0.717) is 27.6 Å². The van der Waals surface area contributed by atoms with E-state index in [1.165, 1.54) is 11.3 Å². The van der Waals surface area contributed by atoms with E-state index in [-0.39, 0.29) is 24.2 Å². The molecule has 10 heteroatoms. The van der Waals surface area contributed by atoms with Crippen molar-refractivity contribution in [3.63, 3.8) is 0 Å². The molecular weight excluding hydrogens is 462 g/mol. The molecule has 8 nitrogen and oxygen atoms in total. The number of thiophene rings is 1. The third kappa shape index (κ3) is 5.39. The molecule has 4 rings (SSSR count). The molecule has 1 amide bonds. The van der Waals surface area contributed by atoms with Gasteiger partial charge in [0.2, 0.25) is 11.8 Å². The number of thioether (sulfide) groups is 1. The van der Waals surface area contributed by atoms with Crippen molar-refractivity contribution in [2.75, 3.05) is 24.8 Å². The number of amides is 1. The number of methoxy groups -OCH3 is 1. The first-order valence-corrected chi connectivity index (χ1v) is 12.5. The summed E-state index contributed by atoms with van der Waals surface area (Å²) in [5.41, 5.74) is 2.28. The van der Waals surface area contributed by atoms with E-state index in [2.05, 4.69) is 22.4 Å². The third-order valence-electron chi connectivity index (χ3n) is 5.31. The summed E-state index contributed by atoms with van der Waals surface area (Å²) in [5.74, 6) is 1.10. The minimum Gasteiger partial charge on any atom is -0.497 e. The Bertz CT molecular complexity index is 1140. The number of esters is 1. The van der Waals surface area contributed by atoms with Crippen LogP contribution in [0.1, 0.15) is 41.1 Å². The predicted octanol–water partition coefficient (Wildman–Crippen LogP) is 4.84. The Hall–Kier alpha value is -2.85. The number of hydrogen-bond acceptors (Lipinski definition) is 9. The zero-order chi connectivity index (χ0) is 23.4. The smallest absolute Gasteiger partial charge is 0.341 e. The van der Waals surface area contributed by atoms with E-state index in [4.69, 9.17) is 13.9 Å². The average molecular weight is 488 g/mol. The number of nitrogens with one attached hydrogen (secondary N) is 1. The van der Waals surface area contributed by atoms with Crippen LogP contribution in [-0.2, 0) is 22.4 Å². The second-order valence-electron chi connectivity index (χ2n) is 7.71. The molecule has 0 radical (unpaired) electrons. The van der Waals surface area contributed by atoms with Gasteiger partial charge < -0.3 is 19.2 Å². The molecule has 2 heterocycles. The largest absolute Gasteiger partial charge is 0.497 e. The SMILES string of the molecule is CCOC(=O)c1c(NC(=O)CSc2nnc(-c3ccc(OC)cc3)o2)sc2c1CCC(C)C2. The highest BCUT2D eigenvalue weighted by Gasteiger charge is 2.29. The standard InChI is InChI=1S/C23H25N3O5S2/c1-4-30-22(28)19-16-10-5-13(2)11-17(16)33-21(19)24-18(27)12-32-23-26-25-20(31-23)14-6-8-15(29-3)9-7-14/h6-9,13H,4-5,10-12H2,1-3H3,(H,24,27). The Morgan fingerprint density at radius 1 is 1.27 bits per heavy atom. The lowest BCUT2D eigenvalue weighted by atomic mass is 9.88. The lowest BCUT2D eigenvalue weighted by Crippen LogP contribution is -2.17. The summed E-state index contributed by atoms with van der Waals surface area (Å²) in [4.78, 5) is 26.4. The first-order chi connectivity index (χ1) is 16.0. The van der Waals surface area contributed by atoms with Crippen molar-refractivity contribution >= 4 is 40.0 Å². The Labute approximate surface area is 200 Å². The Morgan fingerprint density at radius 2 is 2.06 bits per heavy atom. The maximum absolute atomic E-state index is 12.7. The topological polar surface area (TPSA) is 104 Å². The van der Waals surface area contributed by atoms with Crippen molar-refractivity contribution in [3.8, 4) is 17.2 Å². The minimum absolute atomic E-state index is 0.0749. The lowest BCUT2D eigenvalue weighted by Gasteiger charge is -2.18. The summed E-state index contributed by atoms with van der Waals surface area (Å²) in [6.45, 7) is 4.27. The summed E-state index contributed by atoms with van der Waals surface area (Å²) >= 11 is 2.61. The van der Waals surface area contributed by atoms with Gasteiger partial charge in [0, 0.05) is 10.4 Å². The van der Waals surface area contributed by atoms with Gasteiger partial charge in [-0.1, -0.05) is 18.7 Å². The molecule has 3 aromatic rings. The number of anilines is 1. The van der Waals surface area contributed by atoms with Crippen molar-refractivity contribution in [1.29, 1.82) is 0 Å². The van der Waals surface area contributed by atoms with Crippen LogP contribution in [0, 0.1) is 5.92 Å². The van der Waals surface area contributed by atoms with Crippen LogP contribution in [-0.4, -0.2) is 41.5 Å². The first-order valence-electron chi connectivity index (χ1n) is 10.7. The van der Waals surface area contributed by atoms with Gasteiger partial charge in [-0.25, -0.2) is 4.79 Å². The molecule has 0 bridgehead atoms. The second-order valence-corrected chi connectivity index (χ2v) is 9.75. The summed E-state index contributed by atoms with van der Waals surface area (Å²) < 4.78 is 16.1. The number of nitrogens with zero attached hydrogens (tertiary/aromatic N) is 2. The van der Waals surface area contributed by atoms with Gasteiger partial charge in [-0.05, 0) is 61.9 Å². The van der Waals surface area contributed by atoms with Gasteiger partial charge in [-0.3, -0.25) is 4.79 Å². The number of fused-ring (bicyclic) bond motifs is 1. The van der Waals surface area contributed by atoms with Crippen molar-refractivity contribution in [2.45, 2.75) is 38.3 Å². The van der Waals surface area contributed by atoms with E-state index < -0.39 is 0 Å². The molecule has 174 valence electrons. The van der Waals surface area contributed by atoms with Gasteiger partial charge in [-0.15, -0.1) is 21.5 Å². The lowest BCUT2D eigenvalue weighted by molar-refractivity contribution is -0.113. The van der Waals surface area contributed by atoms with Crippen LogP contribution in [0.5, 0.6) is 5.75 Å². The zero-order valence-corrected chi connectivity index (χ0v) is 20.3. The van der Waals surface area contributed by atoms with Crippen LogP contribution >= 0.6 is 23.1 Å². The predicted molar refractivity (Wildman–Crippen MR) is 127 cm³/mol. The molecule has 0 fully saturated rings. The summed E-state index contributed by atoms with van der Waals surface area (Å²) in [7, 11) is 1.60. The molecule has 33 heavy (non-hydrogen) atoms. The molecule has 1 unspecified atom stereocenters. The van der Waals surface area contributed by atoms with Gasteiger partial charge in [0.25, 0.3) is 5.22 Å². The highest BCUT2D eigenvalue weighted by atomic mass is 32.2. The molecule has 1 N–H and O–H groups in total. The van der Waals surface area contributed by atoms with Crippen LogP contribution in [0.25, 0.3) is 11.5 Å². The molecule has 0 aliphatic heterocycles. The summed E-state index contributed by atoms with van der Waals surface area (Å²) in [6, 6.07) is 7.26. The van der Waals surface area contributed by atoms with Crippen LogP contribution in [0.3, 0.4) is 0 Å². The maximum atomic E-state index is 12.7. The average Bonchev–Trinajstić information content (AvgIpc) is 3.42. The number of aromatic nitrogens is 2. The highest BCUT2D eigenvalue weighted by molar-refractivity contribution is 7.99. The van der Waals surface area contributed by atoms with Gasteiger partial charge in [0.05, 0.1) is 25.0 Å². The van der Waals surface area contributed by atoms with Crippen LogP contribution in [0.15, 0.2) is 33.9 Å². The number of benzene rings is 1. The number of carbonyl (C=O) groups excluding carboxylic acids is 2. The second kappa shape index (κ2) is 10.4. The van der Waals surface area contributed by atoms with Crippen LogP contribution in [0.4, 0.5) is 5.00 Å². The molecule has 0 saturated heterocycles. The van der Waals surface area contributed by atoms with Gasteiger partial charge >= 0.3 is 5.97 Å². The van der Waals surface area contributed by atoms with Crippen molar-refractivity contribution in [2.24, 2.45) is 5.92 Å². The van der Waals surface area contributed by atoms with E-state index in [1.807, 2.05) is 24.3 Å². The van der Waals surface area contributed by atoms with Crippen molar-refractivity contribution < 1.29 is 23.5 Å². The highest BCUT2D eigenvalue weighted by Crippen LogP contribution is 2.40. The molecule has 0 spiro atoms. The van der Waals surface area contributed by atoms with E-state index in [9.17, 15) is 9.59 Å². The van der Waals surface area contributed by atoms with Gasteiger partial charge in [0.1, 0.15) is 10.8 Å². The van der Waals surface area contributed by atoms with E-state index >= 15 is 0 Å². The Morgan fingerprint density at radius 3 is 2.79 bits per heavy atom. The van der Waals surface area contributed by atoms with Gasteiger partial charge in [0.15, 0.2) is 0 Å². The summed E-state index contributed by atoms with van der Waals surface area (Å²) in [5, 5.41) is 11.8. The number of rotatable bonds is 8. The van der Waals surface area contributed by atoms with Crippen molar-refractivity contribution in [3.05, 3.63) is 40.3 Å². The van der Waals surface area contributed by atoms with Crippen LogP contribution < -0.4 is 10.1 Å². The molecule has 2 aromatic heterocycles. The maximum Gasteiger partial charge on any atom is 0.341 e. The van der Waals surface area contributed by atoms with Crippen molar-refractivity contribution in [1.82, 2.24) is 10.2 Å². The van der Waals surface area contributed by atoms with Crippen LogP contribution in [0.2, 0.25) is 0 Å². The molecule has 0 saturated carbocycles. The molecular formula is C23H25N3O5S2. The van der Waals surface area contributed by atoms with Gasteiger partial charge in [-0.2, -0.15) is 0 Å². The number of carbonyl (C=O) groups is 2. The number of hydrogen-bond donors (Lipinski definition) is 1. The quantitative estimate of drug-likeness (QED) is 0.356. The third-order valence-corrected chi connectivity index (χ3v) is 7.30. The minimum atomic E-state index is -0.381. The Balaban J connectivity index is 1.42. The summed E-state index contributed by atoms with van der Waals surface area (Å²) in [6.07, 6.45) is 2.75. The molecule has 1 aromatic carbocycles. The fraction of sp³-hybridized carbons (Fsp3) is 0.391.